The van der Waals surface area contributed by atoms with Crippen molar-refractivity contribution in [1.29, 1.82) is 0 Å². The number of rotatable bonds is 5. The van der Waals surface area contributed by atoms with Gasteiger partial charge in [0.05, 0.1) is 11.9 Å². The summed E-state index contributed by atoms with van der Waals surface area (Å²) in [7, 11) is 0. The van der Waals surface area contributed by atoms with E-state index < -0.39 is 0 Å². The molecule has 6 heteroatoms. The molecular formula is C20H29N5O. The van der Waals surface area contributed by atoms with E-state index >= 15 is 0 Å². The van der Waals surface area contributed by atoms with Crippen LogP contribution in [-0.4, -0.2) is 51.6 Å². The lowest BCUT2D eigenvalue weighted by Crippen LogP contribution is -2.37. The summed E-state index contributed by atoms with van der Waals surface area (Å²) in [6.45, 7) is 6.07. The third-order valence-electron chi connectivity index (χ3n) is 5.93. The molecular weight excluding hydrogens is 326 g/mol. The Bertz CT molecular complexity index is 765. The van der Waals surface area contributed by atoms with Crippen molar-refractivity contribution in [2.24, 2.45) is 5.92 Å². The maximum Gasteiger partial charge on any atom is 0.256 e. The molecule has 2 aliphatic rings. The summed E-state index contributed by atoms with van der Waals surface area (Å²) < 4.78 is 1.88. The van der Waals surface area contributed by atoms with Crippen molar-refractivity contribution in [2.75, 3.05) is 26.2 Å². The summed E-state index contributed by atoms with van der Waals surface area (Å²) in [4.78, 5) is 19.3. The third kappa shape index (κ3) is 3.47. The van der Waals surface area contributed by atoms with Gasteiger partial charge in [0.2, 0.25) is 0 Å². The fourth-order valence-corrected chi connectivity index (χ4v) is 4.66. The standard InChI is InChI=1S/C20H29N5O/c1-2-21-20(26)17-12-23-25-18(9-10-22-19(17)25)16-8-5-11-24(14-16)13-15-6-3-4-7-15/h9-10,12,15-16H,2-8,11,13-14H2,1H3,(H,21,26)/t16-/m0/s1. The molecule has 1 saturated heterocycles. The molecule has 1 N–H and O–H groups in total. The fourth-order valence-electron chi connectivity index (χ4n) is 4.66. The largest absolute Gasteiger partial charge is 0.352 e. The van der Waals surface area contributed by atoms with Crippen LogP contribution in [-0.2, 0) is 0 Å². The van der Waals surface area contributed by atoms with Crippen molar-refractivity contribution >= 4 is 11.6 Å². The van der Waals surface area contributed by atoms with Crippen LogP contribution in [0.1, 0.15) is 67.4 Å². The zero-order valence-corrected chi connectivity index (χ0v) is 15.7. The van der Waals surface area contributed by atoms with E-state index in [2.05, 4.69) is 26.4 Å². The molecule has 0 aromatic carbocycles. The second-order valence-corrected chi connectivity index (χ2v) is 7.77. The molecule has 2 aromatic heterocycles. The van der Waals surface area contributed by atoms with Gasteiger partial charge in [-0.3, -0.25) is 4.79 Å². The highest BCUT2D eigenvalue weighted by molar-refractivity contribution is 5.99. The maximum atomic E-state index is 12.2. The van der Waals surface area contributed by atoms with Crippen molar-refractivity contribution in [3.8, 4) is 0 Å². The summed E-state index contributed by atoms with van der Waals surface area (Å²) >= 11 is 0. The third-order valence-corrected chi connectivity index (χ3v) is 5.93. The van der Waals surface area contributed by atoms with Gasteiger partial charge in [-0.25, -0.2) is 9.50 Å². The van der Waals surface area contributed by atoms with Crippen LogP contribution >= 0.6 is 0 Å². The van der Waals surface area contributed by atoms with Crippen LogP contribution in [0.5, 0.6) is 0 Å². The normalized spacial score (nSPS) is 22.1. The lowest BCUT2D eigenvalue weighted by atomic mass is 9.93. The Kier molecular flexibility index (Phi) is 5.20. The average molecular weight is 355 g/mol. The molecule has 140 valence electrons. The highest BCUT2D eigenvalue weighted by atomic mass is 16.1. The van der Waals surface area contributed by atoms with E-state index in [1.807, 2.05) is 17.6 Å². The van der Waals surface area contributed by atoms with E-state index in [4.69, 9.17) is 0 Å². The van der Waals surface area contributed by atoms with Gasteiger partial charge in [0.25, 0.3) is 5.91 Å². The molecule has 0 unspecified atom stereocenters. The number of hydrogen-bond donors (Lipinski definition) is 1. The number of amides is 1. The Morgan fingerprint density at radius 3 is 2.92 bits per heavy atom. The van der Waals surface area contributed by atoms with Crippen molar-refractivity contribution in [3.63, 3.8) is 0 Å². The number of aromatic nitrogens is 3. The van der Waals surface area contributed by atoms with Gasteiger partial charge in [-0.2, -0.15) is 5.10 Å². The van der Waals surface area contributed by atoms with E-state index in [1.165, 1.54) is 57.3 Å². The Labute approximate surface area is 155 Å². The van der Waals surface area contributed by atoms with Gasteiger partial charge in [-0.15, -0.1) is 0 Å². The van der Waals surface area contributed by atoms with E-state index in [-0.39, 0.29) is 5.91 Å². The molecule has 0 spiro atoms. The number of nitrogens with one attached hydrogen (secondary N) is 1. The van der Waals surface area contributed by atoms with Crippen molar-refractivity contribution in [1.82, 2.24) is 24.8 Å². The van der Waals surface area contributed by atoms with Crippen LogP contribution in [0.15, 0.2) is 18.5 Å². The van der Waals surface area contributed by atoms with E-state index in [0.29, 0.717) is 23.7 Å². The molecule has 1 aliphatic heterocycles. The average Bonchev–Trinajstić information content (AvgIpc) is 3.31. The minimum absolute atomic E-state index is 0.0985. The van der Waals surface area contributed by atoms with Crippen LogP contribution in [0.4, 0.5) is 0 Å². The van der Waals surface area contributed by atoms with Crippen molar-refractivity contribution in [3.05, 3.63) is 29.7 Å². The first kappa shape index (κ1) is 17.5. The first-order valence-corrected chi connectivity index (χ1v) is 10.1. The van der Waals surface area contributed by atoms with Crippen LogP contribution in [0, 0.1) is 5.92 Å². The van der Waals surface area contributed by atoms with Crippen LogP contribution < -0.4 is 5.32 Å². The molecule has 2 fully saturated rings. The molecule has 1 atom stereocenters. The van der Waals surface area contributed by atoms with Crippen LogP contribution in [0.25, 0.3) is 5.65 Å². The Morgan fingerprint density at radius 1 is 1.27 bits per heavy atom. The number of nitrogens with zero attached hydrogens (tertiary/aromatic N) is 4. The maximum absolute atomic E-state index is 12.2. The number of fused-ring (bicyclic) bond motifs is 1. The second kappa shape index (κ2) is 7.74. The molecule has 0 radical (unpaired) electrons. The minimum Gasteiger partial charge on any atom is -0.352 e. The first-order valence-electron chi connectivity index (χ1n) is 10.1. The quantitative estimate of drug-likeness (QED) is 0.896. The van der Waals surface area contributed by atoms with Gasteiger partial charge in [-0.1, -0.05) is 12.8 Å². The van der Waals surface area contributed by atoms with E-state index in [0.717, 1.165) is 12.5 Å². The van der Waals surface area contributed by atoms with Gasteiger partial charge in [0.1, 0.15) is 5.56 Å². The van der Waals surface area contributed by atoms with Crippen LogP contribution in [0.3, 0.4) is 0 Å². The van der Waals surface area contributed by atoms with Gasteiger partial charge in [-0.05, 0) is 51.1 Å². The highest BCUT2D eigenvalue weighted by Gasteiger charge is 2.27. The predicted octanol–water partition coefficient (Wildman–Crippen LogP) is 2.85. The highest BCUT2D eigenvalue weighted by Crippen LogP contribution is 2.31. The Balaban J connectivity index is 1.54. The molecule has 0 bridgehead atoms. The van der Waals surface area contributed by atoms with Gasteiger partial charge in [0.15, 0.2) is 5.65 Å². The molecule has 4 rings (SSSR count). The predicted molar refractivity (Wildman–Crippen MR) is 101 cm³/mol. The fraction of sp³-hybridized carbons (Fsp3) is 0.650. The molecule has 6 nitrogen and oxygen atoms in total. The smallest absolute Gasteiger partial charge is 0.256 e. The molecule has 1 aliphatic carbocycles. The summed E-state index contributed by atoms with van der Waals surface area (Å²) in [5.41, 5.74) is 2.41. The number of carbonyl (C=O) groups excluding carboxylic acids is 1. The summed E-state index contributed by atoms with van der Waals surface area (Å²) in [6.07, 6.45) is 11.5. The van der Waals surface area contributed by atoms with Gasteiger partial charge >= 0.3 is 0 Å². The van der Waals surface area contributed by atoms with Crippen molar-refractivity contribution < 1.29 is 4.79 Å². The van der Waals surface area contributed by atoms with Crippen molar-refractivity contribution in [2.45, 2.75) is 51.4 Å². The molecule has 1 saturated carbocycles. The second-order valence-electron chi connectivity index (χ2n) is 7.77. The topological polar surface area (TPSA) is 62.5 Å². The number of piperidine rings is 1. The zero-order valence-electron chi connectivity index (χ0n) is 15.7. The molecule has 26 heavy (non-hydrogen) atoms. The number of likely N-dealkylation sites (tertiary alicyclic amines) is 1. The monoisotopic (exact) mass is 355 g/mol. The van der Waals surface area contributed by atoms with Crippen LogP contribution in [0.2, 0.25) is 0 Å². The zero-order chi connectivity index (χ0) is 17.9. The number of carbonyl (C=O) groups is 1. The molecule has 2 aromatic rings. The summed E-state index contributed by atoms with van der Waals surface area (Å²) in [5.74, 6) is 1.25. The Morgan fingerprint density at radius 2 is 2.12 bits per heavy atom. The lowest BCUT2D eigenvalue weighted by molar-refractivity contribution is 0.0957. The lowest BCUT2D eigenvalue weighted by Gasteiger charge is -2.34. The Hall–Kier alpha value is -1.95. The minimum atomic E-state index is -0.0985. The van der Waals surface area contributed by atoms with E-state index in [1.54, 1.807) is 6.20 Å². The van der Waals surface area contributed by atoms with E-state index in [9.17, 15) is 4.79 Å². The SMILES string of the molecule is CCNC(=O)c1cnn2c([C@H]3CCCN(CC4CCCC4)C3)ccnc12. The van der Waals surface area contributed by atoms with Gasteiger partial charge in [0, 0.05) is 31.7 Å². The first-order chi connectivity index (χ1) is 12.8. The summed E-state index contributed by atoms with van der Waals surface area (Å²) in [5, 5.41) is 7.35. The van der Waals surface area contributed by atoms with Gasteiger partial charge < -0.3 is 10.2 Å². The molecule has 3 heterocycles. The number of hydrogen-bond acceptors (Lipinski definition) is 4. The summed E-state index contributed by atoms with van der Waals surface area (Å²) in [6, 6.07) is 2.07. The molecule has 1 amide bonds.